The Balaban J connectivity index is 1.27. The quantitative estimate of drug-likeness (QED) is 0.233. The molecule has 7 nitrogen and oxygen atoms in total. The molecule has 2 heterocycles. The first-order valence-corrected chi connectivity index (χ1v) is 15.9. The van der Waals surface area contributed by atoms with Crippen LogP contribution in [0.4, 0.5) is 4.39 Å². The van der Waals surface area contributed by atoms with Crippen molar-refractivity contribution in [3.05, 3.63) is 113 Å². The number of rotatable bonds is 10. The Hall–Kier alpha value is -3.82. The summed E-state index contributed by atoms with van der Waals surface area (Å²) in [6, 6.07) is 17.7. The topological polar surface area (TPSA) is 77.3 Å². The number of ether oxygens (including phenoxy) is 1. The van der Waals surface area contributed by atoms with Crippen molar-refractivity contribution in [1.29, 1.82) is 0 Å². The highest BCUT2D eigenvalue weighted by Crippen LogP contribution is 2.53. The third-order valence-corrected chi connectivity index (χ3v) is 10.8. The molecule has 2 aromatic heterocycles. The molecule has 0 saturated heterocycles. The van der Waals surface area contributed by atoms with E-state index in [0.717, 1.165) is 47.5 Å². The number of pyridine rings is 1. The summed E-state index contributed by atoms with van der Waals surface area (Å²) in [5.74, 6) is 0.539. The number of sulfonamides is 1. The molecule has 2 atom stereocenters. The molecule has 4 aromatic rings. The maximum Gasteiger partial charge on any atom is 0.218 e. The van der Waals surface area contributed by atoms with E-state index >= 15 is 0 Å². The molecular weight excluding hydrogens is 551 g/mol. The maximum atomic E-state index is 13.9. The van der Waals surface area contributed by atoms with Crippen LogP contribution in [0.15, 0.2) is 84.8 Å². The molecule has 6 rings (SSSR count). The Labute approximate surface area is 246 Å². The Kier molecular flexibility index (Phi) is 7.72. The molecule has 0 amide bonds. The zero-order chi connectivity index (χ0) is 29.3. The van der Waals surface area contributed by atoms with Crippen LogP contribution in [0.5, 0.6) is 5.75 Å². The minimum Gasteiger partial charge on any atom is -0.496 e. The van der Waals surface area contributed by atoms with Gasteiger partial charge < -0.3 is 4.74 Å². The summed E-state index contributed by atoms with van der Waals surface area (Å²) in [7, 11) is -1.99. The lowest BCUT2D eigenvalue weighted by atomic mass is 9.70. The molecule has 42 heavy (non-hydrogen) atoms. The monoisotopic (exact) mass is 586 g/mol. The van der Waals surface area contributed by atoms with Gasteiger partial charge in [-0.05, 0) is 96.2 Å². The lowest BCUT2D eigenvalue weighted by Crippen LogP contribution is -2.42. The van der Waals surface area contributed by atoms with Crippen molar-refractivity contribution in [3.8, 4) is 11.4 Å². The first-order chi connectivity index (χ1) is 20.3. The molecule has 0 radical (unpaired) electrons. The average molecular weight is 587 g/mol. The Bertz CT molecular complexity index is 1700. The van der Waals surface area contributed by atoms with Gasteiger partial charge in [0.25, 0.3) is 0 Å². The fourth-order valence-corrected chi connectivity index (χ4v) is 8.10. The highest BCUT2D eigenvalue weighted by Gasteiger charge is 2.47. The average Bonchev–Trinajstić information content (AvgIpc) is 3.53. The number of allylic oxidation sites excluding steroid dienone is 1. The van der Waals surface area contributed by atoms with E-state index in [1.54, 1.807) is 42.0 Å². The predicted molar refractivity (Wildman–Crippen MR) is 161 cm³/mol. The molecule has 2 aliphatic rings. The second-order valence-electron chi connectivity index (χ2n) is 11.5. The fourth-order valence-electron chi connectivity index (χ4n) is 6.54. The molecule has 0 aliphatic heterocycles. The van der Waals surface area contributed by atoms with Gasteiger partial charge in [0.05, 0.1) is 30.4 Å². The van der Waals surface area contributed by atoms with Crippen molar-refractivity contribution in [3.63, 3.8) is 0 Å². The van der Waals surface area contributed by atoms with E-state index in [1.807, 2.05) is 41.2 Å². The molecule has 0 spiro atoms. The van der Waals surface area contributed by atoms with Crippen LogP contribution in [0.1, 0.15) is 42.1 Å². The number of methoxy groups -OCH3 is 1. The third-order valence-electron chi connectivity index (χ3n) is 8.94. The second-order valence-corrected chi connectivity index (χ2v) is 13.4. The van der Waals surface area contributed by atoms with Crippen molar-refractivity contribution >= 4 is 16.1 Å². The van der Waals surface area contributed by atoms with Gasteiger partial charge in [-0.15, -0.1) is 0 Å². The van der Waals surface area contributed by atoms with Crippen molar-refractivity contribution in [2.75, 3.05) is 20.2 Å². The number of hydrogen-bond donors (Lipinski definition) is 0. The summed E-state index contributed by atoms with van der Waals surface area (Å²) in [6.45, 7) is 3.07. The zero-order valence-electron chi connectivity index (χ0n) is 23.9. The van der Waals surface area contributed by atoms with E-state index in [-0.39, 0.29) is 22.9 Å². The van der Waals surface area contributed by atoms with Gasteiger partial charge in [-0.3, -0.25) is 4.98 Å². The minimum absolute atomic E-state index is 0.0898. The number of nitrogens with zero attached hydrogens (tertiary/aromatic N) is 4. The summed E-state index contributed by atoms with van der Waals surface area (Å²) in [5, 5.41) is 4.63. The van der Waals surface area contributed by atoms with Gasteiger partial charge in [-0.25, -0.2) is 21.8 Å². The van der Waals surface area contributed by atoms with Gasteiger partial charge in [-0.2, -0.15) is 5.10 Å². The Morgan fingerprint density at radius 1 is 1.10 bits per heavy atom. The maximum absolute atomic E-state index is 13.9. The summed E-state index contributed by atoms with van der Waals surface area (Å²) < 4.78 is 50.5. The molecule has 0 N–H and O–H groups in total. The molecule has 2 aliphatic carbocycles. The summed E-state index contributed by atoms with van der Waals surface area (Å²) >= 11 is 0. The lowest BCUT2D eigenvalue weighted by molar-refractivity contribution is 0.221. The third kappa shape index (κ3) is 5.51. The summed E-state index contributed by atoms with van der Waals surface area (Å²) in [4.78, 5) is 4.13. The number of hydrogen-bond acceptors (Lipinski definition) is 5. The largest absolute Gasteiger partial charge is 0.496 e. The number of fused-ring (bicyclic) bond motifs is 2. The summed E-state index contributed by atoms with van der Waals surface area (Å²) in [6.07, 6.45) is 10.5. The number of benzene rings is 2. The van der Waals surface area contributed by atoms with Gasteiger partial charge in [0.2, 0.25) is 10.0 Å². The highest BCUT2D eigenvalue weighted by molar-refractivity contribution is 7.88. The van der Waals surface area contributed by atoms with Gasteiger partial charge >= 0.3 is 0 Å². The zero-order valence-corrected chi connectivity index (χ0v) is 24.7. The molecule has 0 bridgehead atoms. The van der Waals surface area contributed by atoms with Crippen LogP contribution in [0.25, 0.3) is 11.8 Å². The standard InChI is InChI=1S/C33H35FN4O3S/c1-33-19-26-21-36-38(30-13-11-29(34)12-14-30)31(26)18-27(33)9-10-28(33)22-37(17-15-25-7-3-4-8-32(25)41-2)42(39,40)23-24-6-5-16-35-20-24/h3-8,11-14,16,18,20-21,28H,9-10,15,17,19,22-23H2,1-2H3/t28-,33+/m1/s1. The Morgan fingerprint density at radius 3 is 2.67 bits per heavy atom. The van der Waals surface area contributed by atoms with Crippen LogP contribution in [0.2, 0.25) is 0 Å². The van der Waals surface area contributed by atoms with Gasteiger partial charge in [0.1, 0.15) is 11.6 Å². The van der Waals surface area contributed by atoms with E-state index in [1.165, 1.54) is 17.7 Å². The van der Waals surface area contributed by atoms with Crippen LogP contribution in [-0.4, -0.2) is 47.7 Å². The van der Waals surface area contributed by atoms with Crippen LogP contribution in [0, 0.1) is 17.2 Å². The minimum atomic E-state index is -3.63. The normalized spacial score (nSPS) is 19.8. The number of para-hydroxylation sites is 1. The molecule has 0 unspecified atom stereocenters. The number of aromatic nitrogens is 3. The first-order valence-electron chi connectivity index (χ1n) is 14.3. The molecule has 9 heteroatoms. The van der Waals surface area contributed by atoms with E-state index in [4.69, 9.17) is 4.74 Å². The second kappa shape index (κ2) is 11.5. The van der Waals surface area contributed by atoms with Crippen molar-refractivity contribution in [2.24, 2.45) is 11.3 Å². The van der Waals surface area contributed by atoms with Gasteiger partial charge in [0.15, 0.2) is 0 Å². The van der Waals surface area contributed by atoms with E-state index < -0.39 is 10.0 Å². The summed E-state index contributed by atoms with van der Waals surface area (Å²) in [5.41, 5.74) is 5.75. The molecular formula is C33H35FN4O3S. The smallest absolute Gasteiger partial charge is 0.218 e. The van der Waals surface area contributed by atoms with Crippen LogP contribution in [-0.2, 0) is 28.6 Å². The van der Waals surface area contributed by atoms with Crippen molar-refractivity contribution in [1.82, 2.24) is 19.1 Å². The molecule has 2 aromatic carbocycles. The van der Waals surface area contributed by atoms with E-state index in [9.17, 15) is 12.8 Å². The van der Waals surface area contributed by atoms with Crippen molar-refractivity contribution in [2.45, 2.75) is 38.4 Å². The van der Waals surface area contributed by atoms with Gasteiger partial charge in [0, 0.05) is 25.5 Å². The van der Waals surface area contributed by atoms with Gasteiger partial charge in [-0.1, -0.05) is 36.8 Å². The van der Waals surface area contributed by atoms with Crippen LogP contribution < -0.4 is 4.74 Å². The molecule has 218 valence electrons. The van der Waals surface area contributed by atoms with Crippen LogP contribution >= 0.6 is 0 Å². The van der Waals surface area contributed by atoms with Crippen molar-refractivity contribution < 1.29 is 17.5 Å². The highest BCUT2D eigenvalue weighted by atomic mass is 32.2. The fraction of sp³-hybridized carbons (Fsp3) is 0.333. The van der Waals surface area contributed by atoms with E-state index in [2.05, 4.69) is 23.1 Å². The number of halogens is 1. The first kappa shape index (κ1) is 28.3. The lowest BCUT2D eigenvalue weighted by Gasteiger charge is -2.38. The van der Waals surface area contributed by atoms with E-state index in [0.29, 0.717) is 25.1 Å². The predicted octanol–water partition coefficient (Wildman–Crippen LogP) is 5.85. The SMILES string of the molecule is COc1ccccc1CCN(C[C@H]1CCC2=Cc3c(cnn3-c3ccc(F)cc3)C[C@@]21C)S(=O)(=O)Cc1cccnc1. The molecule has 1 fully saturated rings. The molecule has 1 saturated carbocycles. The Morgan fingerprint density at radius 2 is 1.90 bits per heavy atom. The van der Waals surface area contributed by atoms with Crippen LogP contribution in [0.3, 0.4) is 0 Å².